The van der Waals surface area contributed by atoms with E-state index in [9.17, 15) is 13.2 Å². The van der Waals surface area contributed by atoms with Gasteiger partial charge in [0.2, 0.25) is 0 Å². The van der Waals surface area contributed by atoms with Gasteiger partial charge in [-0.1, -0.05) is 0 Å². The number of hydrogen-bond donors (Lipinski definition) is 0. The summed E-state index contributed by atoms with van der Waals surface area (Å²) in [6.45, 7) is 0. The van der Waals surface area contributed by atoms with Gasteiger partial charge in [0.25, 0.3) is 0 Å². The van der Waals surface area contributed by atoms with E-state index < -0.39 is 28.7 Å². The van der Waals surface area contributed by atoms with Crippen LogP contribution in [0.5, 0.6) is 5.75 Å². The third kappa shape index (κ3) is 1.26. The Bertz CT molecular complexity index is 314. The Kier molecular flexibility index (Phi) is 2.31. The number of methoxy groups -OCH3 is 1. The third-order valence-corrected chi connectivity index (χ3v) is 1.38. The molecule has 5 heteroatoms. The second-order valence-corrected chi connectivity index (χ2v) is 2.10. The van der Waals surface area contributed by atoms with E-state index in [1.54, 1.807) is 0 Å². The lowest BCUT2D eigenvalue weighted by Crippen LogP contribution is -2.17. The van der Waals surface area contributed by atoms with E-state index in [0.29, 0.717) is 6.07 Å². The average molecular weight is 172 g/mol. The Morgan fingerprint density at radius 1 is 1.25 bits per heavy atom. The molecule has 0 heterocycles. The summed E-state index contributed by atoms with van der Waals surface area (Å²) in [5.74, 6) is -4.12. The van der Waals surface area contributed by atoms with Crippen LogP contribution in [0.15, 0.2) is 6.07 Å². The summed E-state index contributed by atoms with van der Waals surface area (Å²) in [6.07, 6.45) is 0. The molecule has 0 saturated heterocycles. The molecule has 0 aromatic heterocycles. The minimum absolute atomic E-state index is 0.411. The summed E-state index contributed by atoms with van der Waals surface area (Å²) in [4.78, 5) is 0. The van der Waals surface area contributed by atoms with Crippen LogP contribution in [0.4, 0.5) is 13.2 Å². The van der Waals surface area contributed by atoms with Crippen LogP contribution in [-0.2, 0) is 0 Å². The van der Waals surface area contributed by atoms with Crippen molar-refractivity contribution in [2.24, 2.45) is 0 Å². The first kappa shape index (κ1) is 8.97. The number of hydrogen-bond acceptors (Lipinski definition) is 1. The minimum atomic E-state index is -1.40. The molecule has 0 amide bonds. The van der Waals surface area contributed by atoms with Crippen LogP contribution in [-0.4, -0.2) is 15.0 Å². The van der Waals surface area contributed by atoms with Crippen molar-refractivity contribution in [3.63, 3.8) is 0 Å². The quantitative estimate of drug-likeness (QED) is 0.451. The molecule has 62 valence electrons. The van der Waals surface area contributed by atoms with Crippen molar-refractivity contribution in [3.8, 4) is 5.75 Å². The summed E-state index contributed by atoms with van der Waals surface area (Å²) in [6, 6.07) is 0.598. The molecule has 0 aliphatic rings. The molecular formula is C7H4BF3O. The molecule has 0 bridgehead atoms. The maximum absolute atomic E-state index is 12.8. The van der Waals surface area contributed by atoms with E-state index in [1.165, 1.54) is 0 Å². The fraction of sp³-hybridized carbons (Fsp3) is 0.143. The van der Waals surface area contributed by atoms with Gasteiger partial charge in [0.15, 0.2) is 23.2 Å². The maximum atomic E-state index is 12.8. The Hall–Kier alpha value is -1.13. The molecule has 0 aliphatic carbocycles. The van der Waals surface area contributed by atoms with E-state index in [0.717, 1.165) is 7.11 Å². The average Bonchev–Trinajstić information content (AvgIpc) is 2.08. The summed E-state index contributed by atoms with van der Waals surface area (Å²) in [5.41, 5.74) is -0.869. The lowest BCUT2D eigenvalue weighted by atomic mass is 9.94. The van der Waals surface area contributed by atoms with Gasteiger partial charge < -0.3 is 4.74 Å². The number of halogens is 3. The Labute approximate surface area is 68.6 Å². The largest absolute Gasteiger partial charge is 0.494 e. The van der Waals surface area contributed by atoms with Crippen LogP contribution in [0.3, 0.4) is 0 Å². The normalized spacial score (nSPS) is 10.0. The van der Waals surface area contributed by atoms with Gasteiger partial charge in [-0.25, -0.2) is 13.2 Å². The van der Waals surface area contributed by atoms with Crippen LogP contribution in [0.1, 0.15) is 0 Å². The molecule has 12 heavy (non-hydrogen) atoms. The van der Waals surface area contributed by atoms with E-state index in [-0.39, 0.29) is 0 Å². The second-order valence-electron chi connectivity index (χ2n) is 2.10. The molecular weight excluding hydrogens is 168 g/mol. The van der Waals surface area contributed by atoms with Crippen LogP contribution in [0.2, 0.25) is 0 Å². The summed E-state index contributed by atoms with van der Waals surface area (Å²) in [7, 11) is 6.02. The van der Waals surface area contributed by atoms with Crippen molar-refractivity contribution < 1.29 is 17.9 Å². The van der Waals surface area contributed by atoms with E-state index in [1.807, 2.05) is 0 Å². The molecule has 0 N–H and O–H groups in total. The molecule has 0 atom stereocenters. The van der Waals surface area contributed by atoms with Gasteiger partial charge in [0.05, 0.1) is 7.11 Å². The molecule has 1 aromatic carbocycles. The molecule has 2 radical (unpaired) electrons. The molecule has 0 spiro atoms. The van der Waals surface area contributed by atoms with Crippen LogP contribution >= 0.6 is 0 Å². The molecule has 0 aliphatic heterocycles. The number of rotatable bonds is 1. The van der Waals surface area contributed by atoms with E-state index in [2.05, 4.69) is 4.74 Å². The predicted molar refractivity (Wildman–Crippen MR) is 38.3 cm³/mol. The zero-order valence-electron chi connectivity index (χ0n) is 6.20. The van der Waals surface area contributed by atoms with Crippen LogP contribution < -0.4 is 10.2 Å². The van der Waals surface area contributed by atoms with Gasteiger partial charge in [0.1, 0.15) is 7.85 Å². The molecule has 0 saturated carbocycles. The molecule has 1 aromatic rings. The van der Waals surface area contributed by atoms with Crippen molar-refractivity contribution in [2.45, 2.75) is 0 Å². The highest BCUT2D eigenvalue weighted by Gasteiger charge is 2.14. The van der Waals surface area contributed by atoms with E-state index in [4.69, 9.17) is 7.85 Å². The Morgan fingerprint density at radius 3 is 2.33 bits per heavy atom. The topological polar surface area (TPSA) is 9.23 Å². The summed E-state index contributed by atoms with van der Waals surface area (Å²) >= 11 is 0. The van der Waals surface area contributed by atoms with Crippen molar-refractivity contribution >= 4 is 13.3 Å². The van der Waals surface area contributed by atoms with Gasteiger partial charge in [-0.15, -0.1) is 0 Å². The highest BCUT2D eigenvalue weighted by Crippen LogP contribution is 2.17. The molecule has 0 fully saturated rings. The summed E-state index contributed by atoms with van der Waals surface area (Å²) < 4.78 is 42.2. The van der Waals surface area contributed by atoms with Gasteiger partial charge in [-0.3, -0.25) is 0 Å². The van der Waals surface area contributed by atoms with Gasteiger partial charge in [-0.2, -0.15) is 0 Å². The van der Waals surface area contributed by atoms with Gasteiger partial charge in [-0.05, 0) is 5.46 Å². The smallest absolute Gasteiger partial charge is 0.162 e. The van der Waals surface area contributed by atoms with Crippen molar-refractivity contribution in [1.29, 1.82) is 0 Å². The zero-order valence-corrected chi connectivity index (χ0v) is 6.20. The van der Waals surface area contributed by atoms with Gasteiger partial charge >= 0.3 is 0 Å². The Morgan fingerprint density at radius 2 is 1.83 bits per heavy atom. The van der Waals surface area contributed by atoms with Crippen molar-refractivity contribution in [1.82, 2.24) is 0 Å². The monoisotopic (exact) mass is 172 g/mol. The van der Waals surface area contributed by atoms with Crippen LogP contribution in [0.25, 0.3) is 0 Å². The highest BCUT2D eigenvalue weighted by atomic mass is 19.2. The number of benzene rings is 1. The Balaban J connectivity index is 3.39. The fourth-order valence-electron chi connectivity index (χ4n) is 0.748. The first-order valence-corrected chi connectivity index (χ1v) is 3.05. The fourth-order valence-corrected chi connectivity index (χ4v) is 0.748. The van der Waals surface area contributed by atoms with Crippen molar-refractivity contribution in [2.75, 3.05) is 7.11 Å². The SMILES string of the molecule is [B]c1c(F)c(F)cc(OC)c1F. The van der Waals surface area contributed by atoms with Crippen LogP contribution in [0, 0.1) is 17.5 Å². The highest BCUT2D eigenvalue weighted by molar-refractivity contribution is 6.32. The number of ether oxygens (including phenoxy) is 1. The first-order chi connectivity index (χ1) is 5.57. The first-order valence-electron chi connectivity index (χ1n) is 3.05. The second kappa shape index (κ2) is 3.09. The zero-order chi connectivity index (χ0) is 9.30. The molecule has 1 rings (SSSR count). The molecule has 0 unspecified atom stereocenters. The van der Waals surface area contributed by atoms with E-state index >= 15 is 0 Å². The summed E-state index contributed by atoms with van der Waals surface area (Å²) in [5, 5.41) is 0. The minimum Gasteiger partial charge on any atom is -0.494 e. The van der Waals surface area contributed by atoms with Gasteiger partial charge in [0, 0.05) is 6.07 Å². The van der Waals surface area contributed by atoms with Crippen molar-refractivity contribution in [3.05, 3.63) is 23.5 Å². The lowest BCUT2D eigenvalue weighted by molar-refractivity contribution is 0.379. The third-order valence-electron chi connectivity index (χ3n) is 1.38. The predicted octanol–water partition coefficient (Wildman–Crippen LogP) is 0.906. The maximum Gasteiger partial charge on any atom is 0.162 e. The lowest BCUT2D eigenvalue weighted by Gasteiger charge is -2.05. The standard InChI is InChI=1S/C7H4BF3O/c1-12-4-2-3(9)6(10)5(8)7(4)11/h2H,1H3. The molecule has 1 nitrogen and oxygen atoms in total.